The van der Waals surface area contributed by atoms with Crippen LogP contribution in [0.25, 0.3) is 0 Å². The molecule has 0 aliphatic rings. The first-order valence-corrected chi connectivity index (χ1v) is 9.10. The zero-order chi connectivity index (χ0) is 6.41. The fourth-order valence-electron chi connectivity index (χ4n) is 0.318. The van der Waals surface area contributed by atoms with Crippen LogP contribution in [0.2, 0.25) is 3.93 Å². The SMILES string of the molecule is C[CH2][Hg][O]C(=O)CC. The number of carbonyl (C=O) groups excluding carboxylic acids is 1. The van der Waals surface area contributed by atoms with Crippen molar-refractivity contribution >= 4 is 5.97 Å². The molecule has 44 valence electrons. The first-order chi connectivity index (χ1) is 3.81. The first-order valence-electron chi connectivity index (χ1n) is 2.96. The Hall–Kier alpha value is 0.405. The van der Waals surface area contributed by atoms with Gasteiger partial charge in [0.15, 0.2) is 0 Å². The minimum atomic E-state index is -1.12. The Morgan fingerprint density at radius 3 is 2.62 bits per heavy atom. The molecule has 0 saturated heterocycles. The summed E-state index contributed by atoms with van der Waals surface area (Å²) >= 11 is -1.12. The van der Waals surface area contributed by atoms with Gasteiger partial charge in [-0.05, 0) is 0 Å². The van der Waals surface area contributed by atoms with Crippen molar-refractivity contribution < 1.29 is 32.5 Å². The van der Waals surface area contributed by atoms with E-state index in [1.807, 2.05) is 6.92 Å². The monoisotopic (exact) mass is 304 g/mol. The molecule has 0 N–H and O–H groups in total. The average molecular weight is 303 g/mol. The molecular weight excluding hydrogens is 293 g/mol. The molecule has 0 saturated carbocycles. The molecule has 2 nitrogen and oxygen atoms in total. The quantitative estimate of drug-likeness (QED) is 0.736. The van der Waals surface area contributed by atoms with Crippen LogP contribution in [0.15, 0.2) is 0 Å². The molecule has 0 heterocycles. The molecule has 0 rings (SSSR count). The van der Waals surface area contributed by atoms with E-state index in [9.17, 15) is 4.79 Å². The van der Waals surface area contributed by atoms with Gasteiger partial charge in [-0.25, -0.2) is 0 Å². The third-order valence-corrected chi connectivity index (χ3v) is 4.39. The average Bonchev–Trinajstić information content (AvgIpc) is 1.83. The Morgan fingerprint density at radius 1 is 1.62 bits per heavy atom. The van der Waals surface area contributed by atoms with Gasteiger partial charge in [0.05, 0.1) is 0 Å². The van der Waals surface area contributed by atoms with Gasteiger partial charge in [0.1, 0.15) is 0 Å². The maximum atomic E-state index is 10.4. The zero-order valence-corrected chi connectivity index (χ0v) is 10.9. The summed E-state index contributed by atoms with van der Waals surface area (Å²) in [6.45, 7) is 3.90. The van der Waals surface area contributed by atoms with Crippen molar-refractivity contribution in [3.8, 4) is 0 Å². The number of hydrogen-bond donors (Lipinski definition) is 0. The summed E-state index contributed by atoms with van der Waals surface area (Å²) in [6.07, 6.45) is 0.542. The third kappa shape index (κ3) is 4.56. The molecule has 0 spiro atoms. The normalized spacial score (nSPS) is 7.75. The van der Waals surface area contributed by atoms with E-state index < -0.39 is 25.0 Å². The van der Waals surface area contributed by atoms with Crippen LogP contribution in [0.4, 0.5) is 0 Å². The molecule has 0 bridgehead atoms. The van der Waals surface area contributed by atoms with E-state index in [0.717, 1.165) is 3.93 Å². The van der Waals surface area contributed by atoms with Crippen LogP contribution in [-0.4, -0.2) is 5.97 Å². The Balaban J connectivity index is 2.99. The van der Waals surface area contributed by atoms with Crippen molar-refractivity contribution in [3.63, 3.8) is 0 Å². The number of rotatable bonds is 3. The fourth-order valence-corrected chi connectivity index (χ4v) is 2.79. The summed E-state index contributed by atoms with van der Waals surface area (Å²) in [5.41, 5.74) is 0. The van der Waals surface area contributed by atoms with Crippen LogP contribution in [-0.2, 0) is 32.5 Å². The summed E-state index contributed by atoms with van der Waals surface area (Å²) in [7, 11) is 0. The summed E-state index contributed by atoms with van der Waals surface area (Å²) < 4.78 is 6.05. The van der Waals surface area contributed by atoms with Gasteiger partial charge in [-0.15, -0.1) is 0 Å². The van der Waals surface area contributed by atoms with Crippen LogP contribution in [0.3, 0.4) is 0 Å². The van der Waals surface area contributed by atoms with Crippen LogP contribution in [0, 0.1) is 0 Å². The van der Waals surface area contributed by atoms with E-state index in [-0.39, 0.29) is 5.97 Å². The molecule has 0 radical (unpaired) electrons. The van der Waals surface area contributed by atoms with Gasteiger partial charge in [-0.3, -0.25) is 0 Å². The van der Waals surface area contributed by atoms with Crippen LogP contribution in [0.5, 0.6) is 0 Å². The Bertz CT molecular complexity index is 72.8. The van der Waals surface area contributed by atoms with Crippen LogP contribution >= 0.6 is 0 Å². The van der Waals surface area contributed by atoms with Crippen molar-refractivity contribution in [3.05, 3.63) is 0 Å². The predicted octanol–water partition coefficient (Wildman–Crippen LogP) is 1.38. The molecule has 0 aromatic carbocycles. The van der Waals surface area contributed by atoms with Gasteiger partial charge in [-0.1, -0.05) is 0 Å². The van der Waals surface area contributed by atoms with Crippen molar-refractivity contribution in [2.75, 3.05) is 0 Å². The molecule has 0 atom stereocenters. The summed E-state index contributed by atoms with van der Waals surface area (Å²) in [5.74, 6) is -0.00600. The van der Waals surface area contributed by atoms with Gasteiger partial charge < -0.3 is 0 Å². The molecule has 0 aliphatic carbocycles. The van der Waals surface area contributed by atoms with E-state index in [0.29, 0.717) is 6.42 Å². The van der Waals surface area contributed by atoms with Gasteiger partial charge in [-0.2, -0.15) is 0 Å². The maximum absolute atomic E-state index is 10.4. The van der Waals surface area contributed by atoms with Crippen LogP contribution in [0.1, 0.15) is 20.3 Å². The van der Waals surface area contributed by atoms with E-state index in [4.69, 9.17) is 2.64 Å². The van der Waals surface area contributed by atoms with E-state index in [2.05, 4.69) is 6.92 Å². The number of hydrogen-bond acceptors (Lipinski definition) is 2. The fraction of sp³-hybridized carbons (Fsp3) is 0.800. The summed E-state index contributed by atoms with van der Waals surface area (Å²) in [5, 5.41) is 0. The molecule has 8 heavy (non-hydrogen) atoms. The van der Waals surface area contributed by atoms with E-state index in [1.54, 1.807) is 0 Å². The molecule has 0 unspecified atom stereocenters. The van der Waals surface area contributed by atoms with Crippen molar-refractivity contribution in [1.82, 2.24) is 0 Å². The van der Waals surface area contributed by atoms with Gasteiger partial charge >= 0.3 is 62.6 Å². The standard InChI is InChI=1S/C3H6O2.C2H5.Hg/c1-2-3(4)5;1-2;/h2H2,1H3,(H,4,5);1H2,2H3;/q;;+1/p-1. The Kier molecular flexibility index (Phi) is 5.82. The van der Waals surface area contributed by atoms with Gasteiger partial charge in [0.2, 0.25) is 0 Å². The van der Waals surface area contributed by atoms with Gasteiger partial charge in [0.25, 0.3) is 0 Å². The molecule has 3 heteroatoms. The molecule has 0 aromatic heterocycles. The third-order valence-electron chi connectivity index (χ3n) is 0.756. The van der Waals surface area contributed by atoms with Gasteiger partial charge in [0, 0.05) is 0 Å². The Labute approximate surface area is 62.7 Å². The van der Waals surface area contributed by atoms with E-state index >= 15 is 0 Å². The van der Waals surface area contributed by atoms with Crippen LogP contribution < -0.4 is 0 Å². The molecule has 0 aromatic rings. The molecule has 0 aliphatic heterocycles. The second-order valence-corrected chi connectivity index (χ2v) is 8.17. The summed E-state index contributed by atoms with van der Waals surface area (Å²) in [4.78, 5) is 10.4. The minimum absolute atomic E-state index is 0.00600. The second kappa shape index (κ2) is 5.54. The number of carbonyl (C=O) groups is 1. The van der Waals surface area contributed by atoms with Crippen molar-refractivity contribution in [2.45, 2.75) is 24.2 Å². The molecular formula is C5H10HgO2. The zero-order valence-electron chi connectivity index (χ0n) is 5.44. The van der Waals surface area contributed by atoms with Crippen molar-refractivity contribution in [1.29, 1.82) is 0 Å². The van der Waals surface area contributed by atoms with Crippen molar-refractivity contribution in [2.24, 2.45) is 0 Å². The predicted molar refractivity (Wildman–Crippen MR) is 26.9 cm³/mol. The Morgan fingerprint density at radius 2 is 2.25 bits per heavy atom. The van der Waals surface area contributed by atoms with E-state index in [1.165, 1.54) is 0 Å². The first kappa shape index (κ1) is 8.41. The second-order valence-electron chi connectivity index (χ2n) is 1.57. The molecule has 0 fully saturated rings. The molecule has 0 amide bonds. The summed E-state index contributed by atoms with van der Waals surface area (Å²) in [6, 6.07) is 0. The topological polar surface area (TPSA) is 26.3 Å².